The number of rotatable bonds is 8. The van der Waals surface area contributed by atoms with Gasteiger partial charge < -0.3 is 9.52 Å². The second kappa shape index (κ2) is 9.99. The molecule has 2 aromatic carbocycles. The number of hydrogen-bond acceptors (Lipinski definition) is 10. The number of nitro benzene ring substituents is 1. The zero-order valence-electron chi connectivity index (χ0n) is 19.2. The predicted molar refractivity (Wildman–Crippen MR) is 137 cm³/mol. The number of carbonyl (C=O) groups excluding carboxylic acids is 2. The first-order chi connectivity index (χ1) is 17.8. The number of aromatic nitrogens is 2. The van der Waals surface area contributed by atoms with Crippen molar-refractivity contribution in [1.29, 1.82) is 0 Å². The first-order valence-corrected chi connectivity index (χ1v) is 12.8. The highest BCUT2D eigenvalue weighted by atomic mass is 32.2. The van der Waals surface area contributed by atoms with Gasteiger partial charge in [0, 0.05) is 17.9 Å². The Hall–Kier alpha value is -4.29. The summed E-state index contributed by atoms with van der Waals surface area (Å²) in [5, 5.41) is 30.5. The number of Topliss-reactive ketones (excluding diaryl/α,β-unsaturated/α-hetero) is 1. The molecule has 2 aromatic heterocycles. The summed E-state index contributed by atoms with van der Waals surface area (Å²) in [5.41, 5.74) is 1.11. The molecule has 0 saturated heterocycles. The fraction of sp³-hybridized carbons (Fsp3) is 0.120. The van der Waals surface area contributed by atoms with Crippen LogP contribution in [0.4, 0.5) is 10.8 Å². The minimum atomic E-state index is -1.09. The van der Waals surface area contributed by atoms with Gasteiger partial charge in [-0.15, -0.1) is 10.2 Å². The Labute approximate surface area is 218 Å². The Morgan fingerprint density at radius 1 is 1.14 bits per heavy atom. The first kappa shape index (κ1) is 24.4. The summed E-state index contributed by atoms with van der Waals surface area (Å²) in [7, 11) is 0. The van der Waals surface area contributed by atoms with Gasteiger partial charge in [0.1, 0.15) is 5.76 Å². The van der Waals surface area contributed by atoms with Gasteiger partial charge in [-0.3, -0.25) is 24.6 Å². The Bertz CT molecular complexity index is 1530. The van der Waals surface area contributed by atoms with Crippen molar-refractivity contribution < 1.29 is 24.0 Å². The molecule has 0 spiro atoms. The largest absolute Gasteiger partial charge is 0.503 e. The number of nitro groups is 1. The number of non-ortho nitro benzene ring substituents is 1. The molecule has 1 aliphatic rings. The lowest BCUT2D eigenvalue weighted by molar-refractivity contribution is -0.384. The average Bonchev–Trinajstić information content (AvgIpc) is 3.61. The lowest BCUT2D eigenvalue weighted by Crippen LogP contribution is -2.31. The minimum Gasteiger partial charge on any atom is -0.503 e. The summed E-state index contributed by atoms with van der Waals surface area (Å²) >= 11 is 2.58. The van der Waals surface area contributed by atoms with Crippen molar-refractivity contribution in [3.05, 3.63) is 111 Å². The molecule has 1 N–H and O–H groups in total. The molecular formula is C25H18N4O6S2. The van der Waals surface area contributed by atoms with Crippen LogP contribution in [-0.4, -0.2) is 31.9 Å². The van der Waals surface area contributed by atoms with E-state index in [9.17, 15) is 24.8 Å². The Morgan fingerprint density at radius 3 is 2.51 bits per heavy atom. The first-order valence-electron chi connectivity index (χ1n) is 11.0. The number of aryl methyl sites for hydroxylation is 1. The average molecular weight is 535 g/mol. The monoisotopic (exact) mass is 534 g/mol. The Morgan fingerprint density at radius 2 is 1.86 bits per heavy atom. The van der Waals surface area contributed by atoms with E-state index in [1.54, 1.807) is 13.0 Å². The van der Waals surface area contributed by atoms with Crippen LogP contribution in [0.3, 0.4) is 0 Å². The van der Waals surface area contributed by atoms with Crippen molar-refractivity contribution >= 4 is 45.6 Å². The molecule has 1 atom stereocenters. The normalized spacial score (nSPS) is 15.4. The molecule has 4 aromatic rings. The van der Waals surface area contributed by atoms with E-state index in [1.807, 2.05) is 30.3 Å². The summed E-state index contributed by atoms with van der Waals surface area (Å²) in [5.74, 6) is -1.16. The van der Waals surface area contributed by atoms with E-state index in [0.29, 0.717) is 21.4 Å². The third-order valence-corrected chi connectivity index (χ3v) is 7.77. The van der Waals surface area contributed by atoms with E-state index in [2.05, 4.69) is 10.2 Å². The number of hydrogen-bond donors (Lipinski definition) is 1. The van der Waals surface area contributed by atoms with Gasteiger partial charge in [0.2, 0.25) is 10.9 Å². The highest BCUT2D eigenvalue weighted by Crippen LogP contribution is 2.44. The standard InChI is InChI=1S/C25H18N4O6S2/c1-14-7-12-18(35-14)21(30)19-20(16-8-10-17(11-9-16)29(33)34)28(23(32)22(19)31)24-26-27-25(37-24)36-13-15-5-3-2-4-6-15/h2-12,20,31H,13H2,1H3. The molecular weight excluding hydrogens is 516 g/mol. The van der Waals surface area contributed by atoms with E-state index in [0.717, 1.165) is 16.9 Å². The number of ketones is 1. The van der Waals surface area contributed by atoms with Gasteiger partial charge in [-0.05, 0) is 42.3 Å². The molecule has 10 nitrogen and oxygen atoms in total. The number of benzene rings is 2. The van der Waals surface area contributed by atoms with Crippen LogP contribution in [0, 0.1) is 17.0 Å². The fourth-order valence-corrected chi connectivity index (χ4v) is 5.72. The third kappa shape index (κ3) is 4.76. The van der Waals surface area contributed by atoms with Crippen LogP contribution in [0.15, 0.2) is 86.8 Å². The van der Waals surface area contributed by atoms with Crippen LogP contribution >= 0.6 is 23.1 Å². The number of furan rings is 1. The molecule has 186 valence electrons. The molecule has 12 heteroatoms. The van der Waals surface area contributed by atoms with E-state index in [4.69, 9.17) is 4.42 Å². The van der Waals surface area contributed by atoms with Crippen LogP contribution in [0.5, 0.6) is 0 Å². The molecule has 0 radical (unpaired) electrons. The number of anilines is 1. The molecule has 1 amide bonds. The molecule has 1 unspecified atom stereocenters. The van der Waals surface area contributed by atoms with Crippen LogP contribution in [0.25, 0.3) is 0 Å². The number of nitrogens with zero attached hydrogens (tertiary/aromatic N) is 4. The summed E-state index contributed by atoms with van der Waals surface area (Å²) in [6.07, 6.45) is 0. The molecule has 37 heavy (non-hydrogen) atoms. The van der Waals surface area contributed by atoms with Gasteiger partial charge in [0.25, 0.3) is 11.6 Å². The summed E-state index contributed by atoms with van der Waals surface area (Å²) in [4.78, 5) is 38.4. The molecule has 3 heterocycles. The van der Waals surface area contributed by atoms with Gasteiger partial charge in [0.15, 0.2) is 15.9 Å². The SMILES string of the molecule is Cc1ccc(C(=O)C2=C(O)C(=O)N(c3nnc(SCc4ccccc4)s3)C2c2ccc([N+](=O)[O-])cc2)o1. The van der Waals surface area contributed by atoms with Crippen LogP contribution < -0.4 is 4.90 Å². The number of amides is 1. The summed E-state index contributed by atoms with van der Waals surface area (Å²) in [6.45, 7) is 1.67. The zero-order valence-corrected chi connectivity index (χ0v) is 20.9. The van der Waals surface area contributed by atoms with Crippen LogP contribution in [-0.2, 0) is 10.5 Å². The molecule has 5 rings (SSSR count). The number of aliphatic hydroxyl groups excluding tert-OH is 1. The second-order valence-corrected chi connectivity index (χ2v) is 10.2. The van der Waals surface area contributed by atoms with E-state index >= 15 is 0 Å². The maximum Gasteiger partial charge on any atom is 0.296 e. The maximum absolute atomic E-state index is 13.4. The molecule has 0 fully saturated rings. The quantitative estimate of drug-likeness (QED) is 0.103. The summed E-state index contributed by atoms with van der Waals surface area (Å²) < 4.78 is 6.05. The van der Waals surface area contributed by atoms with Crippen molar-refractivity contribution in [3.8, 4) is 0 Å². The lowest BCUT2D eigenvalue weighted by atomic mass is 9.95. The molecule has 0 aliphatic carbocycles. The van der Waals surface area contributed by atoms with E-state index in [-0.39, 0.29) is 22.2 Å². The fourth-order valence-electron chi connectivity index (χ4n) is 3.90. The number of aliphatic hydroxyl groups is 1. The molecule has 0 saturated carbocycles. The topological polar surface area (TPSA) is 140 Å². The van der Waals surface area contributed by atoms with Crippen molar-refractivity contribution in [2.24, 2.45) is 0 Å². The van der Waals surface area contributed by atoms with Gasteiger partial charge >= 0.3 is 0 Å². The van der Waals surface area contributed by atoms with Crippen molar-refractivity contribution in [1.82, 2.24) is 10.2 Å². The molecule has 1 aliphatic heterocycles. The van der Waals surface area contributed by atoms with Crippen molar-refractivity contribution in [3.63, 3.8) is 0 Å². The van der Waals surface area contributed by atoms with Gasteiger partial charge in [-0.25, -0.2) is 0 Å². The maximum atomic E-state index is 13.4. The predicted octanol–water partition coefficient (Wildman–Crippen LogP) is 5.42. The lowest BCUT2D eigenvalue weighted by Gasteiger charge is -2.23. The third-order valence-electron chi connectivity index (χ3n) is 5.64. The van der Waals surface area contributed by atoms with Gasteiger partial charge in [0.05, 0.1) is 16.5 Å². The van der Waals surface area contributed by atoms with Crippen molar-refractivity contribution in [2.45, 2.75) is 23.1 Å². The Kier molecular flexibility index (Phi) is 6.59. The van der Waals surface area contributed by atoms with Gasteiger partial charge in [-0.1, -0.05) is 53.4 Å². The molecule has 0 bridgehead atoms. The van der Waals surface area contributed by atoms with Crippen LogP contribution in [0.1, 0.15) is 33.5 Å². The van der Waals surface area contributed by atoms with E-state index < -0.39 is 28.4 Å². The van der Waals surface area contributed by atoms with Crippen molar-refractivity contribution in [2.75, 3.05) is 4.90 Å². The van der Waals surface area contributed by atoms with Gasteiger partial charge in [-0.2, -0.15) is 0 Å². The minimum absolute atomic E-state index is 0.0445. The zero-order chi connectivity index (χ0) is 26.1. The van der Waals surface area contributed by atoms with Crippen LogP contribution in [0.2, 0.25) is 0 Å². The summed E-state index contributed by atoms with van der Waals surface area (Å²) in [6, 6.07) is 17.2. The number of thioether (sulfide) groups is 1. The Balaban J connectivity index is 1.52. The highest BCUT2D eigenvalue weighted by Gasteiger charge is 2.46. The number of carbonyl (C=O) groups is 2. The smallest absolute Gasteiger partial charge is 0.296 e. The van der Waals surface area contributed by atoms with E-state index in [1.165, 1.54) is 47.0 Å². The second-order valence-electron chi connectivity index (χ2n) is 8.05. The highest BCUT2D eigenvalue weighted by molar-refractivity contribution is 8.00.